The van der Waals surface area contributed by atoms with Gasteiger partial charge in [-0.25, -0.2) is 14.4 Å². The Kier molecular flexibility index (Phi) is 5.24. The number of hydrogen-bond acceptors (Lipinski definition) is 7. The summed E-state index contributed by atoms with van der Waals surface area (Å²) < 4.78 is 15.6. The van der Waals surface area contributed by atoms with Gasteiger partial charge in [-0.15, -0.1) is 22.7 Å². The van der Waals surface area contributed by atoms with Gasteiger partial charge in [0.1, 0.15) is 33.1 Å². The first-order valence-corrected chi connectivity index (χ1v) is 11.5. The van der Waals surface area contributed by atoms with Crippen molar-refractivity contribution in [3.8, 4) is 17.2 Å². The van der Waals surface area contributed by atoms with Crippen LogP contribution in [0.2, 0.25) is 0 Å². The predicted octanol–water partition coefficient (Wildman–Crippen LogP) is 5.68. The second kappa shape index (κ2) is 8.24. The van der Waals surface area contributed by atoms with E-state index in [9.17, 15) is 19.6 Å². The van der Waals surface area contributed by atoms with Crippen LogP contribution in [0.3, 0.4) is 0 Å². The van der Waals surface area contributed by atoms with Gasteiger partial charge in [0.15, 0.2) is 0 Å². The monoisotopic (exact) mass is 474 g/mol. The number of allylic oxidation sites excluding steroid dienone is 2. The summed E-state index contributed by atoms with van der Waals surface area (Å²) in [4.78, 5) is 23.6. The van der Waals surface area contributed by atoms with Crippen LogP contribution in [0.1, 0.15) is 9.88 Å². The second-order valence-corrected chi connectivity index (χ2v) is 9.55. The first kappa shape index (κ1) is 21.0. The van der Waals surface area contributed by atoms with Crippen LogP contribution in [-0.4, -0.2) is 19.6 Å². The van der Waals surface area contributed by atoms with Crippen LogP contribution in [0, 0.1) is 24.1 Å². The van der Waals surface area contributed by atoms with Crippen molar-refractivity contribution in [3.05, 3.63) is 86.7 Å². The minimum Gasteiger partial charge on any atom is -0.509 e. The number of para-hydroxylation sites is 1. The first-order chi connectivity index (χ1) is 16.0. The molecule has 0 unspecified atom stereocenters. The van der Waals surface area contributed by atoms with Crippen molar-refractivity contribution in [3.63, 3.8) is 0 Å². The molecule has 0 amide bonds. The number of aromatic nitrogens is 3. The largest absolute Gasteiger partial charge is 0.509 e. The molecular weight excluding hydrogens is 459 g/mol. The highest BCUT2D eigenvalue weighted by atomic mass is 32.1. The van der Waals surface area contributed by atoms with Gasteiger partial charge in [0.25, 0.3) is 5.56 Å². The molecule has 0 atom stereocenters. The molecule has 0 aliphatic rings. The summed E-state index contributed by atoms with van der Waals surface area (Å²) in [6, 6.07) is 15.4. The van der Waals surface area contributed by atoms with Gasteiger partial charge in [-0.3, -0.25) is 9.36 Å². The molecule has 0 fully saturated rings. The number of halogens is 1. The standard InChI is InChI=1S/C24H15FN4O2S2/c1-13-20(14-6-8-15(25)9-7-14)21-23(32-13)27-12-29(24(21)31)11-18(30)16(10-26)22-28-17-4-2-3-5-19(17)33-22/h2-9,12,30H,11H2,1H3/b18-16-. The lowest BCUT2D eigenvalue weighted by atomic mass is 10.0. The average Bonchev–Trinajstić information content (AvgIpc) is 3.37. The molecule has 0 bridgehead atoms. The molecule has 1 N–H and O–H groups in total. The fourth-order valence-electron chi connectivity index (χ4n) is 3.67. The van der Waals surface area contributed by atoms with Gasteiger partial charge in [0.05, 0.1) is 28.5 Å². The van der Waals surface area contributed by atoms with E-state index in [4.69, 9.17) is 0 Å². The van der Waals surface area contributed by atoms with Gasteiger partial charge in [-0.1, -0.05) is 24.3 Å². The third-order valence-corrected chi connectivity index (χ3v) is 7.28. The lowest BCUT2D eigenvalue weighted by Gasteiger charge is -2.07. The number of benzene rings is 2. The van der Waals surface area contributed by atoms with E-state index in [1.54, 1.807) is 12.1 Å². The molecule has 0 spiro atoms. The second-order valence-electron chi connectivity index (χ2n) is 7.32. The van der Waals surface area contributed by atoms with E-state index < -0.39 is 0 Å². The minimum atomic E-state index is -0.361. The SMILES string of the molecule is Cc1sc2ncn(C/C(O)=C(\C#N)c3nc4ccccc4s3)c(=O)c2c1-c1ccc(F)cc1. The van der Waals surface area contributed by atoms with Crippen LogP contribution in [0.5, 0.6) is 0 Å². The number of aryl methyl sites for hydroxylation is 1. The highest BCUT2D eigenvalue weighted by Crippen LogP contribution is 2.35. The van der Waals surface area contributed by atoms with E-state index in [2.05, 4.69) is 9.97 Å². The van der Waals surface area contributed by atoms with E-state index in [1.165, 1.54) is 45.7 Å². The molecule has 33 heavy (non-hydrogen) atoms. The Morgan fingerprint density at radius 3 is 2.67 bits per heavy atom. The van der Waals surface area contributed by atoms with Gasteiger partial charge in [-0.2, -0.15) is 5.26 Å². The molecule has 0 aliphatic heterocycles. The molecular formula is C24H15FN4O2S2. The number of rotatable bonds is 4. The third kappa shape index (κ3) is 3.69. The van der Waals surface area contributed by atoms with E-state index in [1.807, 2.05) is 37.3 Å². The normalized spacial score (nSPS) is 12.2. The van der Waals surface area contributed by atoms with Crippen LogP contribution in [0.4, 0.5) is 4.39 Å². The predicted molar refractivity (Wildman–Crippen MR) is 129 cm³/mol. The number of fused-ring (bicyclic) bond motifs is 2. The molecule has 9 heteroatoms. The molecule has 2 aromatic carbocycles. The zero-order chi connectivity index (χ0) is 23.1. The number of nitrogens with zero attached hydrogens (tertiary/aromatic N) is 4. The molecule has 0 saturated heterocycles. The van der Waals surface area contributed by atoms with Gasteiger partial charge < -0.3 is 5.11 Å². The Morgan fingerprint density at radius 1 is 1.18 bits per heavy atom. The van der Waals surface area contributed by atoms with Crippen LogP contribution in [0.15, 0.2) is 65.4 Å². The van der Waals surface area contributed by atoms with Crippen molar-refractivity contribution in [2.75, 3.05) is 0 Å². The number of nitriles is 1. The molecule has 0 aliphatic carbocycles. The molecule has 3 heterocycles. The molecule has 0 radical (unpaired) electrons. The van der Waals surface area contributed by atoms with Crippen LogP contribution < -0.4 is 5.56 Å². The molecule has 5 aromatic rings. The van der Waals surface area contributed by atoms with Crippen LogP contribution in [-0.2, 0) is 6.54 Å². The van der Waals surface area contributed by atoms with Crippen LogP contribution >= 0.6 is 22.7 Å². The van der Waals surface area contributed by atoms with Crippen molar-refractivity contribution in [2.24, 2.45) is 0 Å². The summed E-state index contributed by atoms with van der Waals surface area (Å²) in [5, 5.41) is 21.2. The van der Waals surface area contributed by atoms with Gasteiger partial charge in [-0.05, 0) is 36.8 Å². The molecule has 6 nitrogen and oxygen atoms in total. The van der Waals surface area contributed by atoms with E-state index in [0.29, 0.717) is 26.4 Å². The summed E-state index contributed by atoms with van der Waals surface area (Å²) >= 11 is 2.67. The minimum absolute atomic E-state index is 0.0171. The van der Waals surface area contributed by atoms with Crippen molar-refractivity contribution in [1.82, 2.24) is 14.5 Å². The number of thiophene rings is 1. The van der Waals surface area contributed by atoms with Crippen molar-refractivity contribution in [2.45, 2.75) is 13.5 Å². The fourth-order valence-corrected chi connectivity index (χ4v) is 5.66. The maximum atomic E-state index is 13.4. The molecule has 5 rings (SSSR count). The summed E-state index contributed by atoms with van der Waals surface area (Å²) in [5.74, 6) is -0.629. The summed E-state index contributed by atoms with van der Waals surface area (Å²) in [6.07, 6.45) is 1.36. The maximum Gasteiger partial charge on any atom is 0.263 e. The lowest BCUT2D eigenvalue weighted by Crippen LogP contribution is -2.21. The van der Waals surface area contributed by atoms with Crippen LogP contribution in [0.25, 0.3) is 37.1 Å². The Labute approximate surface area is 195 Å². The fraction of sp³-hybridized carbons (Fsp3) is 0.0833. The number of aliphatic hydroxyl groups is 1. The van der Waals surface area contributed by atoms with Gasteiger partial charge >= 0.3 is 0 Å². The van der Waals surface area contributed by atoms with E-state index >= 15 is 0 Å². The maximum absolute atomic E-state index is 13.4. The summed E-state index contributed by atoms with van der Waals surface area (Å²) in [6.45, 7) is 1.66. The summed E-state index contributed by atoms with van der Waals surface area (Å²) in [7, 11) is 0. The molecule has 3 aromatic heterocycles. The number of aliphatic hydroxyl groups excluding tert-OH is 1. The molecule has 162 valence electrons. The lowest BCUT2D eigenvalue weighted by molar-refractivity contribution is 0.376. The molecule has 0 saturated carbocycles. The average molecular weight is 475 g/mol. The van der Waals surface area contributed by atoms with E-state index in [-0.39, 0.29) is 29.3 Å². The topological polar surface area (TPSA) is 91.8 Å². The number of hydrogen-bond donors (Lipinski definition) is 1. The zero-order valence-electron chi connectivity index (χ0n) is 17.2. The first-order valence-electron chi connectivity index (χ1n) is 9.89. The highest BCUT2D eigenvalue weighted by Gasteiger charge is 2.19. The van der Waals surface area contributed by atoms with Crippen molar-refractivity contribution in [1.29, 1.82) is 5.26 Å². The third-order valence-electron chi connectivity index (χ3n) is 5.22. The Hall–Kier alpha value is -3.87. The van der Waals surface area contributed by atoms with Crippen molar-refractivity contribution >= 4 is 48.7 Å². The van der Waals surface area contributed by atoms with E-state index in [0.717, 1.165) is 15.1 Å². The highest BCUT2D eigenvalue weighted by molar-refractivity contribution is 7.19. The Morgan fingerprint density at radius 2 is 1.94 bits per heavy atom. The van der Waals surface area contributed by atoms with Crippen molar-refractivity contribution < 1.29 is 9.50 Å². The smallest absolute Gasteiger partial charge is 0.263 e. The Balaban J connectivity index is 1.60. The zero-order valence-corrected chi connectivity index (χ0v) is 18.9. The number of thiazole rings is 1. The van der Waals surface area contributed by atoms with Gasteiger partial charge in [0.2, 0.25) is 0 Å². The van der Waals surface area contributed by atoms with Gasteiger partial charge in [0, 0.05) is 10.4 Å². The Bertz CT molecular complexity index is 1620. The summed E-state index contributed by atoms with van der Waals surface area (Å²) in [5.41, 5.74) is 1.80. The quantitative estimate of drug-likeness (QED) is 0.267.